The van der Waals surface area contributed by atoms with Crippen LogP contribution in [0, 0.1) is 0 Å². The fraction of sp³-hybridized carbons (Fsp3) is 0.529. The Morgan fingerprint density at radius 3 is 2.92 bits per heavy atom. The van der Waals surface area contributed by atoms with Crippen molar-refractivity contribution in [2.24, 2.45) is 0 Å². The lowest BCUT2D eigenvalue weighted by molar-refractivity contribution is 0.0342. The number of nitrogens with one attached hydrogen (secondary N) is 1. The van der Waals surface area contributed by atoms with Crippen LogP contribution in [-0.2, 0) is 11.3 Å². The minimum absolute atomic E-state index is 0. The maximum atomic E-state index is 5.46. The van der Waals surface area contributed by atoms with E-state index < -0.39 is 0 Å². The molecule has 2 aromatic rings. The molecule has 7 heteroatoms. The number of ether oxygens (including phenoxy) is 1. The highest BCUT2D eigenvalue weighted by Gasteiger charge is 2.23. The largest absolute Gasteiger partial charge is 0.379 e. The van der Waals surface area contributed by atoms with E-state index in [0.717, 1.165) is 63.8 Å². The van der Waals surface area contributed by atoms with Crippen molar-refractivity contribution in [3.05, 3.63) is 35.7 Å². The Bertz CT molecular complexity index is 652. The minimum atomic E-state index is 0. The van der Waals surface area contributed by atoms with Gasteiger partial charge in [0.25, 0.3) is 0 Å². The van der Waals surface area contributed by atoms with E-state index in [4.69, 9.17) is 9.26 Å². The van der Waals surface area contributed by atoms with E-state index in [1.165, 1.54) is 5.56 Å². The van der Waals surface area contributed by atoms with Crippen LogP contribution in [-0.4, -0.2) is 54.4 Å². The topological polar surface area (TPSA) is 63.4 Å². The van der Waals surface area contributed by atoms with Crippen molar-refractivity contribution in [1.29, 1.82) is 0 Å². The lowest BCUT2D eigenvalue weighted by atomic mass is 10.1. The summed E-state index contributed by atoms with van der Waals surface area (Å²) >= 11 is 0. The first-order valence-corrected chi connectivity index (χ1v) is 8.32. The van der Waals surface area contributed by atoms with E-state index in [1.807, 2.05) is 6.07 Å². The molecule has 2 saturated heterocycles. The fourth-order valence-corrected chi connectivity index (χ4v) is 3.21. The molecule has 0 spiro atoms. The van der Waals surface area contributed by atoms with Crippen LogP contribution < -0.4 is 5.32 Å². The smallest absolute Gasteiger partial charge is 0.231 e. The molecule has 0 radical (unpaired) electrons. The van der Waals surface area contributed by atoms with Gasteiger partial charge < -0.3 is 14.6 Å². The molecule has 0 unspecified atom stereocenters. The highest BCUT2D eigenvalue weighted by atomic mass is 35.5. The van der Waals surface area contributed by atoms with E-state index in [9.17, 15) is 0 Å². The van der Waals surface area contributed by atoms with Gasteiger partial charge in [0.2, 0.25) is 11.7 Å². The Labute approximate surface area is 148 Å². The Kier molecular flexibility index (Phi) is 5.84. The molecule has 1 atom stereocenters. The second-order valence-corrected chi connectivity index (χ2v) is 6.23. The Morgan fingerprint density at radius 2 is 2.12 bits per heavy atom. The summed E-state index contributed by atoms with van der Waals surface area (Å²) in [6.07, 6.45) is 1.07. The zero-order valence-corrected chi connectivity index (χ0v) is 14.4. The molecule has 4 rings (SSSR count). The summed E-state index contributed by atoms with van der Waals surface area (Å²) < 4.78 is 10.9. The van der Waals surface area contributed by atoms with E-state index in [2.05, 4.69) is 38.6 Å². The van der Waals surface area contributed by atoms with Crippen LogP contribution in [0.15, 0.2) is 28.8 Å². The molecule has 1 aromatic heterocycles. The molecule has 2 aliphatic heterocycles. The average molecular weight is 351 g/mol. The van der Waals surface area contributed by atoms with E-state index >= 15 is 0 Å². The summed E-state index contributed by atoms with van der Waals surface area (Å²) in [5.41, 5.74) is 2.30. The molecule has 1 N–H and O–H groups in total. The predicted octanol–water partition coefficient (Wildman–Crippen LogP) is 2.07. The first-order valence-electron chi connectivity index (χ1n) is 8.32. The summed E-state index contributed by atoms with van der Waals surface area (Å²) in [6.45, 7) is 6.52. The third-order valence-electron chi connectivity index (χ3n) is 4.55. The van der Waals surface area contributed by atoms with E-state index in [0.29, 0.717) is 11.7 Å². The van der Waals surface area contributed by atoms with Gasteiger partial charge in [-0.25, -0.2) is 0 Å². The maximum Gasteiger partial charge on any atom is 0.231 e. The van der Waals surface area contributed by atoms with E-state index in [-0.39, 0.29) is 12.4 Å². The van der Waals surface area contributed by atoms with Gasteiger partial charge in [-0.2, -0.15) is 4.98 Å². The van der Waals surface area contributed by atoms with Gasteiger partial charge in [0, 0.05) is 31.7 Å². The Balaban J connectivity index is 0.00000169. The average Bonchev–Trinajstić information content (AvgIpc) is 3.28. The van der Waals surface area contributed by atoms with Crippen LogP contribution >= 0.6 is 12.4 Å². The molecule has 130 valence electrons. The van der Waals surface area contributed by atoms with Crippen molar-refractivity contribution in [2.75, 3.05) is 39.4 Å². The van der Waals surface area contributed by atoms with Gasteiger partial charge in [0.1, 0.15) is 0 Å². The molecule has 3 heterocycles. The molecule has 6 nitrogen and oxygen atoms in total. The monoisotopic (exact) mass is 350 g/mol. The van der Waals surface area contributed by atoms with Gasteiger partial charge in [0.15, 0.2) is 0 Å². The molecule has 1 aromatic carbocycles. The van der Waals surface area contributed by atoms with E-state index in [1.54, 1.807) is 0 Å². The van der Waals surface area contributed by atoms with Crippen molar-refractivity contribution in [1.82, 2.24) is 20.4 Å². The highest BCUT2D eigenvalue weighted by molar-refractivity contribution is 5.85. The summed E-state index contributed by atoms with van der Waals surface area (Å²) in [4.78, 5) is 7.01. The van der Waals surface area contributed by atoms with Crippen LogP contribution in [0.4, 0.5) is 0 Å². The van der Waals surface area contributed by atoms with Gasteiger partial charge in [0.05, 0.1) is 19.1 Å². The molecule has 0 aliphatic carbocycles. The lowest BCUT2D eigenvalue weighted by Crippen LogP contribution is -2.35. The number of rotatable bonds is 4. The van der Waals surface area contributed by atoms with Crippen molar-refractivity contribution < 1.29 is 9.26 Å². The van der Waals surface area contributed by atoms with Gasteiger partial charge in [-0.3, -0.25) is 4.90 Å². The van der Waals surface area contributed by atoms with Gasteiger partial charge in [-0.1, -0.05) is 23.4 Å². The molecular weight excluding hydrogens is 328 g/mol. The summed E-state index contributed by atoms with van der Waals surface area (Å²) in [7, 11) is 0. The number of halogens is 1. The number of morpholine rings is 1. The standard InChI is InChI=1S/C17H22N4O2.ClH/c1-2-13(12-21-6-8-22-9-7-21)10-14(3-1)16-19-17(23-20-16)15-4-5-18-11-15;/h1-3,10,15,18H,4-9,11-12H2;1H/t15-;/m1./s1. The van der Waals surface area contributed by atoms with Crippen molar-refractivity contribution >= 4 is 12.4 Å². The summed E-state index contributed by atoms with van der Waals surface area (Å²) in [5.74, 6) is 1.80. The quantitative estimate of drug-likeness (QED) is 0.910. The predicted molar refractivity (Wildman–Crippen MR) is 93.3 cm³/mol. The number of benzene rings is 1. The van der Waals surface area contributed by atoms with Gasteiger partial charge in [-0.05, 0) is 24.6 Å². The number of aromatic nitrogens is 2. The van der Waals surface area contributed by atoms with Crippen LogP contribution in [0.25, 0.3) is 11.4 Å². The van der Waals surface area contributed by atoms with Gasteiger partial charge in [-0.15, -0.1) is 12.4 Å². The minimum Gasteiger partial charge on any atom is -0.379 e. The molecule has 2 fully saturated rings. The van der Waals surface area contributed by atoms with Crippen LogP contribution in [0.3, 0.4) is 0 Å². The first kappa shape index (κ1) is 17.4. The van der Waals surface area contributed by atoms with Crippen LogP contribution in [0.1, 0.15) is 23.8 Å². The second kappa shape index (κ2) is 8.07. The third kappa shape index (κ3) is 3.95. The summed E-state index contributed by atoms with van der Waals surface area (Å²) in [5, 5.41) is 7.50. The van der Waals surface area contributed by atoms with Crippen molar-refractivity contribution in [2.45, 2.75) is 18.9 Å². The number of nitrogens with zero attached hydrogens (tertiary/aromatic N) is 3. The maximum absolute atomic E-state index is 5.46. The van der Waals surface area contributed by atoms with Crippen molar-refractivity contribution in [3.8, 4) is 11.4 Å². The first-order chi connectivity index (χ1) is 11.4. The molecule has 0 amide bonds. The zero-order chi connectivity index (χ0) is 15.5. The zero-order valence-electron chi connectivity index (χ0n) is 13.6. The van der Waals surface area contributed by atoms with Crippen LogP contribution in [0.5, 0.6) is 0 Å². The number of hydrogen-bond donors (Lipinski definition) is 1. The van der Waals surface area contributed by atoms with Crippen LogP contribution in [0.2, 0.25) is 0 Å². The van der Waals surface area contributed by atoms with Gasteiger partial charge >= 0.3 is 0 Å². The molecule has 0 bridgehead atoms. The van der Waals surface area contributed by atoms with Crippen molar-refractivity contribution in [3.63, 3.8) is 0 Å². The fourth-order valence-electron chi connectivity index (χ4n) is 3.21. The molecule has 24 heavy (non-hydrogen) atoms. The Morgan fingerprint density at radius 1 is 1.25 bits per heavy atom. The Hall–Kier alpha value is -1.47. The SMILES string of the molecule is Cl.c1cc(CN2CCOCC2)cc(-c2noc([C@@H]3CCNC3)n2)c1. The molecule has 0 saturated carbocycles. The third-order valence-corrected chi connectivity index (χ3v) is 4.55. The molecular formula is C17H23ClN4O2. The normalized spacial score (nSPS) is 21.6. The highest BCUT2D eigenvalue weighted by Crippen LogP contribution is 2.24. The second-order valence-electron chi connectivity index (χ2n) is 6.23. The lowest BCUT2D eigenvalue weighted by Gasteiger charge is -2.26. The summed E-state index contributed by atoms with van der Waals surface area (Å²) in [6, 6.07) is 8.43. The molecule has 2 aliphatic rings. The number of hydrogen-bond acceptors (Lipinski definition) is 6.